The van der Waals surface area contributed by atoms with Gasteiger partial charge in [0.15, 0.2) is 0 Å². The number of carbonyl (C=O) groups is 1. The third-order valence-corrected chi connectivity index (χ3v) is 4.10. The van der Waals surface area contributed by atoms with E-state index in [1.807, 2.05) is 0 Å². The number of nitrogens with one attached hydrogen (secondary N) is 1. The van der Waals surface area contributed by atoms with Gasteiger partial charge in [-0.25, -0.2) is 0 Å². The molecule has 1 saturated carbocycles. The van der Waals surface area contributed by atoms with E-state index >= 15 is 0 Å². The van der Waals surface area contributed by atoms with Crippen LogP contribution < -0.4 is 5.32 Å². The van der Waals surface area contributed by atoms with Gasteiger partial charge in [-0.05, 0) is 25.2 Å². The van der Waals surface area contributed by atoms with E-state index in [1.54, 1.807) is 0 Å². The zero-order valence-electron chi connectivity index (χ0n) is 11.7. The highest BCUT2D eigenvalue weighted by Gasteiger charge is 2.30. The summed E-state index contributed by atoms with van der Waals surface area (Å²) in [7, 11) is 1.46. The van der Waals surface area contributed by atoms with Crippen LogP contribution in [0.15, 0.2) is 0 Å². The molecule has 1 aliphatic carbocycles. The van der Waals surface area contributed by atoms with Gasteiger partial charge in [0.25, 0.3) is 0 Å². The van der Waals surface area contributed by atoms with Crippen molar-refractivity contribution in [3.8, 4) is 0 Å². The monoisotopic (exact) mass is 254 g/mol. The van der Waals surface area contributed by atoms with E-state index in [-0.39, 0.29) is 5.97 Å². The second kappa shape index (κ2) is 6.53. The second-order valence-corrected chi connectivity index (χ2v) is 5.73. The highest BCUT2D eigenvalue weighted by molar-refractivity contribution is 5.69. The van der Waals surface area contributed by atoms with Gasteiger partial charge in [0.2, 0.25) is 0 Å². The molecule has 0 radical (unpaired) electrons. The van der Waals surface area contributed by atoms with E-state index in [4.69, 9.17) is 4.74 Å². The summed E-state index contributed by atoms with van der Waals surface area (Å²) in [6, 6.07) is 1.39. The number of likely N-dealkylation sites (tertiary alicyclic amines) is 1. The van der Waals surface area contributed by atoms with Crippen LogP contribution in [0.25, 0.3) is 0 Å². The van der Waals surface area contributed by atoms with Crippen LogP contribution in [-0.4, -0.2) is 49.7 Å². The Hall–Kier alpha value is -0.610. The summed E-state index contributed by atoms with van der Waals surface area (Å²) in [5.74, 6) is 0.674. The Kier molecular flexibility index (Phi) is 5.01. The van der Waals surface area contributed by atoms with Crippen LogP contribution in [0, 0.1) is 5.92 Å². The van der Waals surface area contributed by atoms with Gasteiger partial charge in [0.1, 0.15) is 0 Å². The zero-order chi connectivity index (χ0) is 13.0. The van der Waals surface area contributed by atoms with Gasteiger partial charge in [-0.3, -0.25) is 4.79 Å². The van der Waals surface area contributed by atoms with Crippen molar-refractivity contribution in [3.63, 3.8) is 0 Å². The van der Waals surface area contributed by atoms with Crippen molar-refractivity contribution in [1.82, 2.24) is 10.2 Å². The first-order valence-corrected chi connectivity index (χ1v) is 7.26. The highest BCUT2D eigenvalue weighted by atomic mass is 16.5. The molecule has 0 bridgehead atoms. The SMILES string of the molecule is CCC1CC(NC2CC2)CN(CCC(=O)OC)C1. The van der Waals surface area contributed by atoms with Crippen LogP contribution in [0.4, 0.5) is 0 Å². The molecule has 2 atom stereocenters. The number of methoxy groups -OCH3 is 1. The Morgan fingerprint density at radius 2 is 2.11 bits per heavy atom. The minimum absolute atomic E-state index is 0.0969. The molecule has 0 aromatic carbocycles. The lowest BCUT2D eigenvalue weighted by Gasteiger charge is -2.38. The van der Waals surface area contributed by atoms with Crippen molar-refractivity contribution in [2.75, 3.05) is 26.7 Å². The second-order valence-electron chi connectivity index (χ2n) is 5.73. The molecule has 0 amide bonds. The van der Waals surface area contributed by atoms with Gasteiger partial charge < -0.3 is 15.0 Å². The number of carbonyl (C=O) groups excluding carboxylic acids is 1. The molecule has 1 heterocycles. The molecule has 1 saturated heterocycles. The Labute approximate surface area is 110 Å². The summed E-state index contributed by atoms with van der Waals surface area (Å²) in [6.07, 6.45) is 5.73. The fraction of sp³-hybridized carbons (Fsp3) is 0.929. The molecule has 2 fully saturated rings. The molecule has 4 nitrogen and oxygen atoms in total. The number of hydrogen-bond donors (Lipinski definition) is 1. The van der Waals surface area contributed by atoms with E-state index in [0.717, 1.165) is 31.6 Å². The van der Waals surface area contributed by atoms with Crippen LogP contribution in [0.3, 0.4) is 0 Å². The van der Waals surface area contributed by atoms with Crippen LogP contribution >= 0.6 is 0 Å². The van der Waals surface area contributed by atoms with Crippen molar-refractivity contribution >= 4 is 5.97 Å². The number of hydrogen-bond acceptors (Lipinski definition) is 4. The minimum Gasteiger partial charge on any atom is -0.469 e. The molecule has 0 aromatic heterocycles. The average Bonchev–Trinajstić information content (AvgIpc) is 3.19. The largest absolute Gasteiger partial charge is 0.469 e. The fourth-order valence-corrected chi connectivity index (χ4v) is 2.84. The molecular weight excluding hydrogens is 228 g/mol. The van der Waals surface area contributed by atoms with E-state index in [0.29, 0.717) is 12.5 Å². The quantitative estimate of drug-likeness (QED) is 0.728. The molecule has 0 spiro atoms. The summed E-state index contributed by atoms with van der Waals surface area (Å²) >= 11 is 0. The Morgan fingerprint density at radius 3 is 2.72 bits per heavy atom. The standard InChI is InChI=1S/C14H26N2O2/c1-3-11-8-13(15-12-4-5-12)10-16(9-11)7-6-14(17)18-2/h11-13,15H,3-10H2,1-2H3. The number of piperidine rings is 1. The van der Waals surface area contributed by atoms with Gasteiger partial charge in [-0.2, -0.15) is 0 Å². The fourth-order valence-electron chi connectivity index (χ4n) is 2.84. The van der Waals surface area contributed by atoms with Gasteiger partial charge in [0, 0.05) is 31.7 Å². The molecule has 4 heteroatoms. The summed E-state index contributed by atoms with van der Waals surface area (Å²) in [5, 5.41) is 3.73. The summed E-state index contributed by atoms with van der Waals surface area (Å²) in [4.78, 5) is 13.6. The predicted molar refractivity (Wildman–Crippen MR) is 71.4 cm³/mol. The van der Waals surface area contributed by atoms with E-state index in [2.05, 4.69) is 17.1 Å². The van der Waals surface area contributed by atoms with Gasteiger partial charge in [-0.15, -0.1) is 0 Å². The van der Waals surface area contributed by atoms with Crippen molar-refractivity contribution in [3.05, 3.63) is 0 Å². The van der Waals surface area contributed by atoms with Crippen molar-refractivity contribution in [2.45, 2.75) is 51.1 Å². The van der Waals surface area contributed by atoms with E-state index < -0.39 is 0 Å². The van der Waals surface area contributed by atoms with Crippen LogP contribution in [0.1, 0.15) is 39.0 Å². The molecule has 18 heavy (non-hydrogen) atoms. The first kappa shape index (κ1) is 13.8. The maximum atomic E-state index is 11.2. The van der Waals surface area contributed by atoms with E-state index in [1.165, 1.54) is 32.8 Å². The Balaban J connectivity index is 1.78. The number of esters is 1. The van der Waals surface area contributed by atoms with Crippen molar-refractivity contribution in [2.24, 2.45) is 5.92 Å². The normalized spacial score (nSPS) is 29.2. The topological polar surface area (TPSA) is 41.6 Å². The van der Waals surface area contributed by atoms with Crippen molar-refractivity contribution < 1.29 is 9.53 Å². The lowest BCUT2D eigenvalue weighted by molar-refractivity contribution is -0.141. The number of ether oxygens (including phenoxy) is 1. The third-order valence-electron chi connectivity index (χ3n) is 4.10. The van der Waals surface area contributed by atoms with Crippen LogP contribution in [0.2, 0.25) is 0 Å². The first-order valence-electron chi connectivity index (χ1n) is 7.26. The summed E-state index contributed by atoms with van der Waals surface area (Å²) in [6.45, 7) is 5.33. The van der Waals surface area contributed by atoms with Gasteiger partial charge in [-0.1, -0.05) is 13.3 Å². The van der Waals surface area contributed by atoms with E-state index in [9.17, 15) is 4.79 Å². The smallest absolute Gasteiger partial charge is 0.306 e. The molecule has 104 valence electrons. The molecule has 2 rings (SSSR count). The molecule has 2 unspecified atom stereocenters. The lowest BCUT2D eigenvalue weighted by atomic mass is 9.92. The Bertz CT molecular complexity index is 279. The minimum atomic E-state index is -0.0969. The molecule has 1 N–H and O–H groups in total. The average molecular weight is 254 g/mol. The Morgan fingerprint density at radius 1 is 1.33 bits per heavy atom. The highest BCUT2D eigenvalue weighted by Crippen LogP contribution is 2.25. The molecule has 2 aliphatic rings. The van der Waals surface area contributed by atoms with Gasteiger partial charge in [0.05, 0.1) is 13.5 Å². The first-order chi connectivity index (χ1) is 8.71. The molecule has 1 aliphatic heterocycles. The maximum Gasteiger partial charge on any atom is 0.306 e. The van der Waals surface area contributed by atoms with Crippen molar-refractivity contribution in [1.29, 1.82) is 0 Å². The van der Waals surface area contributed by atoms with Gasteiger partial charge >= 0.3 is 5.97 Å². The summed E-state index contributed by atoms with van der Waals surface area (Å²) in [5.41, 5.74) is 0. The molecule has 0 aromatic rings. The predicted octanol–water partition coefficient (Wildman–Crippen LogP) is 1.40. The third kappa shape index (κ3) is 4.25. The lowest BCUT2D eigenvalue weighted by Crippen LogP contribution is -2.50. The molecular formula is C14H26N2O2. The van der Waals surface area contributed by atoms with Crippen LogP contribution in [0.5, 0.6) is 0 Å². The maximum absolute atomic E-state index is 11.2. The number of nitrogens with zero attached hydrogens (tertiary/aromatic N) is 1. The zero-order valence-corrected chi connectivity index (χ0v) is 11.7. The van der Waals surface area contributed by atoms with Crippen LogP contribution in [-0.2, 0) is 9.53 Å². The summed E-state index contributed by atoms with van der Waals surface area (Å²) < 4.78 is 4.71. The number of rotatable bonds is 6.